The maximum atomic E-state index is 12.9. The van der Waals surface area contributed by atoms with E-state index in [2.05, 4.69) is 10.4 Å². The third-order valence-corrected chi connectivity index (χ3v) is 5.59. The summed E-state index contributed by atoms with van der Waals surface area (Å²) in [5.74, 6) is 0.398. The molecule has 0 bridgehead atoms. The first kappa shape index (κ1) is 21.8. The highest BCUT2D eigenvalue weighted by atomic mass is 16.2. The standard InChI is InChI=1S/C25H24N6O2/c1-29-20-10-6-7-11-21(20)30(2)25(29)19(16-26)22(32)12-13-24(33)28-23-14-15-27-31(23)17-18-8-4-3-5-9-18/h3-11,14-15H,12-13,17H2,1-2H3,(H,28,33). The van der Waals surface area contributed by atoms with E-state index in [0.29, 0.717) is 18.2 Å². The number of hydrogen-bond donors (Lipinski definition) is 1. The van der Waals surface area contributed by atoms with Crippen LogP contribution in [0.2, 0.25) is 0 Å². The number of carbonyl (C=O) groups excluding carboxylic acids is 2. The van der Waals surface area contributed by atoms with Crippen LogP contribution in [-0.4, -0.2) is 35.6 Å². The van der Waals surface area contributed by atoms with Gasteiger partial charge in [-0.25, -0.2) is 4.68 Å². The quantitative estimate of drug-likeness (QED) is 0.446. The lowest BCUT2D eigenvalue weighted by atomic mass is 10.1. The van der Waals surface area contributed by atoms with Gasteiger partial charge in [0.05, 0.1) is 24.1 Å². The van der Waals surface area contributed by atoms with Crippen LogP contribution in [0.4, 0.5) is 17.2 Å². The number of hydrogen-bond acceptors (Lipinski definition) is 6. The normalized spacial score (nSPS) is 12.3. The van der Waals surface area contributed by atoms with Crippen LogP contribution in [-0.2, 0) is 16.1 Å². The Bertz CT molecular complexity index is 1220. The van der Waals surface area contributed by atoms with Gasteiger partial charge < -0.3 is 15.1 Å². The fourth-order valence-corrected chi connectivity index (χ4v) is 3.94. The number of fused-ring (bicyclic) bond motifs is 1. The second kappa shape index (κ2) is 9.40. The van der Waals surface area contributed by atoms with Crippen molar-refractivity contribution in [3.05, 3.63) is 83.8 Å². The largest absolute Gasteiger partial charge is 0.328 e. The molecular formula is C25H24N6O2. The minimum Gasteiger partial charge on any atom is -0.328 e. The molecule has 2 heterocycles. The Labute approximate surface area is 192 Å². The Hall–Kier alpha value is -4.38. The van der Waals surface area contributed by atoms with E-state index >= 15 is 0 Å². The SMILES string of the molecule is CN1C(=C(C#N)C(=O)CCC(=O)Nc2ccnn2Cc2ccccc2)N(C)c2ccccc21. The monoisotopic (exact) mass is 440 g/mol. The number of allylic oxidation sites excluding steroid dienone is 1. The fourth-order valence-electron chi connectivity index (χ4n) is 3.94. The second-order valence-corrected chi connectivity index (χ2v) is 7.75. The molecule has 0 fully saturated rings. The highest BCUT2D eigenvalue weighted by Crippen LogP contribution is 2.40. The summed E-state index contributed by atoms with van der Waals surface area (Å²) in [5, 5.41) is 16.8. The third kappa shape index (κ3) is 4.48. The van der Waals surface area contributed by atoms with E-state index in [-0.39, 0.29) is 30.1 Å². The highest BCUT2D eigenvalue weighted by molar-refractivity contribution is 6.04. The molecule has 0 saturated carbocycles. The lowest BCUT2D eigenvalue weighted by Crippen LogP contribution is -2.26. The van der Waals surface area contributed by atoms with E-state index < -0.39 is 0 Å². The first-order valence-corrected chi connectivity index (χ1v) is 10.6. The molecule has 0 radical (unpaired) electrons. The number of amides is 1. The molecule has 1 aromatic heterocycles. The maximum Gasteiger partial charge on any atom is 0.225 e. The Morgan fingerprint density at radius 1 is 0.939 bits per heavy atom. The lowest BCUT2D eigenvalue weighted by Gasteiger charge is -2.19. The van der Waals surface area contributed by atoms with Gasteiger partial charge in [0.2, 0.25) is 5.91 Å². The van der Waals surface area contributed by atoms with Crippen LogP contribution < -0.4 is 15.1 Å². The van der Waals surface area contributed by atoms with Crippen LogP contribution in [0.25, 0.3) is 0 Å². The summed E-state index contributed by atoms with van der Waals surface area (Å²) in [6.45, 7) is 0.520. The lowest BCUT2D eigenvalue weighted by molar-refractivity contribution is -0.120. The van der Waals surface area contributed by atoms with Gasteiger partial charge in [-0.15, -0.1) is 0 Å². The van der Waals surface area contributed by atoms with Crippen molar-refractivity contribution in [2.24, 2.45) is 0 Å². The number of nitriles is 1. The minimum absolute atomic E-state index is 0.0335. The van der Waals surface area contributed by atoms with Crippen LogP contribution in [0.5, 0.6) is 0 Å². The molecule has 1 N–H and O–H groups in total. The van der Waals surface area contributed by atoms with Gasteiger partial charge >= 0.3 is 0 Å². The van der Waals surface area contributed by atoms with Crippen LogP contribution in [0.1, 0.15) is 18.4 Å². The molecule has 1 aliphatic rings. The van der Waals surface area contributed by atoms with Gasteiger partial charge in [0.1, 0.15) is 23.3 Å². The molecule has 1 aliphatic heterocycles. The summed E-state index contributed by atoms with van der Waals surface area (Å²) in [5.41, 5.74) is 2.93. The van der Waals surface area contributed by atoms with Crippen molar-refractivity contribution in [1.29, 1.82) is 5.26 Å². The van der Waals surface area contributed by atoms with Crippen molar-refractivity contribution < 1.29 is 9.59 Å². The average molecular weight is 441 g/mol. The van der Waals surface area contributed by atoms with Crippen LogP contribution in [0.15, 0.2) is 78.3 Å². The molecule has 8 heteroatoms. The summed E-state index contributed by atoms with van der Waals surface area (Å²) in [6, 6.07) is 21.3. The minimum atomic E-state index is -0.369. The zero-order valence-corrected chi connectivity index (χ0v) is 18.5. The van der Waals surface area contributed by atoms with E-state index in [1.54, 1.807) is 16.9 Å². The van der Waals surface area contributed by atoms with E-state index in [4.69, 9.17) is 0 Å². The van der Waals surface area contributed by atoms with E-state index in [0.717, 1.165) is 16.9 Å². The highest BCUT2D eigenvalue weighted by Gasteiger charge is 2.31. The number of benzene rings is 2. The van der Waals surface area contributed by atoms with Crippen molar-refractivity contribution in [3.8, 4) is 6.07 Å². The van der Waals surface area contributed by atoms with Gasteiger partial charge in [-0.3, -0.25) is 9.59 Å². The summed E-state index contributed by atoms with van der Waals surface area (Å²) >= 11 is 0. The predicted molar refractivity (Wildman–Crippen MR) is 127 cm³/mol. The smallest absolute Gasteiger partial charge is 0.225 e. The van der Waals surface area contributed by atoms with E-state index in [9.17, 15) is 14.9 Å². The maximum absolute atomic E-state index is 12.9. The van der Waals surface area contributed by atoms with Crippen molar-refractivity contribution in [2.45, 2.75) is 19.4 Å². The average Bonchev–Trinajstić information content (AvgIpc) is 3.36. The van der Waals surface area contributed by atoms with Gasteiger partial charge in [-0.2, -0.15) is 10.4 Å². The molecule has 0 aliphatic carbocycles. The zero-order valence-electron chi connectivity index (χ0n) is 18.5. The molecule has 33 heavy (non-hydrogen) atoms. The van der Waals surface area contributed by atoms with Crippen LogP contribution >= 0.6 is 0 Å². The van der Waals surface area contributed by atoms with Crippen molar-refractivity contribution >= 4 is 28.9 Å². The first-order valence-electron chi connectivity index (χ1n) is 10.6. The van der Waals surface area contributed by atoms with Gasteiger partial charge in [0.25, 0.3) is 0 Å². The zero-order chi connectivity index (χ0) is 23.4. The number of nitrogens with zero attached hydrogens (tertiary/aromatic N) is 5. The van der Waals surface area contributed by atoms with Crippen LogP contribution in [0.3, 0.4) is 0 Å². The molecule has 0 atom stereocenters. The van der Waals surface area contributed by atoms with Crippen molar-refractivity contribution in [2.75, 3.05) is 29.2 Å². The fraction of sp³-hybridized carbons (Fsp3) is 0.200. The van der Waals surface area contributed by atoms with Gasteiger partial charge in [-0.05, 0) is 17.7 Å². The number of nitrogens with one attached hydrogen (secondary N) is 1. The van der Waals surface area contributed by atoms with Gasteiger partial charge in [0.15, 0.2) is 5.78 Å². The summed E-state index contributed by atoms with van der Waals surface area (Å²) in [6.07, 6.45) is 1.52. The van der Waals surface area contributed by atoms with E-state index in [1.807, 2.05) is 84.6 Å². The predicted octanol–water partition coefficient (Wildman–Crippen LogP) is 3.54. The molecule has 4 rings (SSSR count). The summed E-state index contributed by atoms with van der Waals surface area (Å²) < 4.78 is 1.69. The number of carbonyl (C=O) groups is 2. The first-order chi connectivity index (χ1) is 16.0. The van der Waals surface area contributed by atoms with Gasteiger partial charge in [0, 0.05) is 33.0 Å². The van der Waals surface area contributed by atoms with Crippen molar-refractivity contribution in [1.82, 2.24) is 9.78 Å². The van der Waals surface area contributed by atoms with Gasteiger partial charge in [-0.1, -0.05) is 42.5 Å². The molecular weight excluding hydrogens is 416 g/mol. The molecule has 0 saturated heterocycles. The molecule has 3 aromatic rings. The van der Waals surface area contributed by atoms with E-state index in [1.165, 1.54) is 0 Å². The number of ketones is 1. The Kier molecular flexibility index (Phi) is 6.22. The molecule has 1 amide bonds. The Morgan fingerprint density at radius 2 is 1.58 bits per heavy atom. The molecule has 0 unspecified atom stereocenters. The summed E-state index contributed by atoms with van der Waals surface area (Å²) in [4.78, 5) is 29.1. The topological polar surface area (TPSA) is 94.3 Å². The number of para-hydroxylation sites is 2. The third-order valence-electron chi connectivity index (χ3n) is 5.59. The van der Waals surface area contributed by atoms with Crippen LogP contribution in [0, 0.1) is 11.3 Å². The number of rotatable bonds is 7. The molecule has 0 spiro atoms. The number of Topliss-reactive ketones (excluding diaryl/α,β-unsaturated/α-hetero) is 1. The Morgan fingerprint density at radius 3 is 2.21 bits per heavy atom. The molecule has 166 valence electrons. The molecule has 8 nitrogen and oxygen atoms in total. The number of anilines is 3. The molecule has 2 aromatic carbocycles. The number of aromatic nitrogens is 2. The van der Waals surface area contributed by atoms with Crippen molar-refractivity contribution in [3.63, 3.8) is 0 Å². The summed E-state index contributed by atoms with van der Waals surface area (Å²) in [7, 11) is 3.64. The second-order valence-electron chi connectivity index (χ2n) is 7.75. The Balaban J connectivity index is 1.41.